The van der Waals surface area contributed by atoms with Gasteiger partial charge in [-0.3, -0.25) is 0 Å². The van der Waals surface area contributed by atoms with Crippen LogP contribution in [0.2, 0.25) is 0 Å². The molecule has 0 aliphatic rings. The van der Waals surface area contributed by atoms with Gasteiger partial charge in [-0.15, -0.1) is 0 Å². The molecule has 0 aliphatic carbocycles. The van der Waals surface area contributed by atoms with E-state index in [1.807, 2.05) is 13.0 Å². The maximum atomic E-state index is 9.69. The molecule has 16 heavy (non-hydrogen) atoms. The lowest BCUT2D eigenvalue weighted by Gasteiger charge is -2.31. The smallest absolute Gasteiger partial charge is 0.0577 e. The van der Waals surface area contributed by atoms with Crippen molar-refractivity contribution in [3.8, 4) is 0 Å². The summed E-state index contributed by atoms with van der Waals surface area (Å²) in [5, 5.41) is 9.69. The van der Waals surface area contributed by atoms with Crippen LogP contribution in [0, 0.1) is 5.41 Å². The Morgan fingerprint density at radius 2 is 1.94 bits per heavy atom. The largest absolute Gasteiger partial charge is 0.393 e. The van der Waals surface area contributed by atoms with Crippen molar-refractivity contribution in [2.75, 3.05) is 6.54 Å². The van der Waals surface area contributed by atoms with Crippen molar-refractivity contribution >= 4 is 0 Å². The topological polar surface area (TPSA) is 46.2 Å². The predicted molar refractivity (Wildman–Crippen MR) is 68.2 cm³/mol. The fourth-order valence-electron chi connectivity index (χ4n) is 1.82. The molecule has 1 aromatic carbocycles. The molecule has 1 rings (SSSR count). The van der Waals surface area contributed by atoms with E-state index in [0.29, 0.717) is 6.54 Å². The number of aryl methyl sites for hydroxylation is 1. The second-order valence-electron chi connectivity index (χ2n) is 4.87. The molecule has 2 atom stereocenters. The third kappa shape index (κ3) is 3.62. The normalized spacial score (nSPS) is 16.8. The van der Waals surface area contributed by atoms with Gasteiger partial charge in [0.15, 0.2) is 0 Å². The summed E-state index contributed by atoms with van der Waals surface area (Å²) in [6.45, 7) is 4.43. The lowest BCUT2D eigenvalue weighted by Crippen LogP contribution is -2.37. The number of rotatable bonds is 6. The van der Waals surface area contributed by atoms with Crippen molar-refractivity contribution in [1.29, 1.82) is 0 Å². The average Bonchev–Trinajstić information content (AvgIpc) is 2.30. The highest BCUT2D eigenvalue weighted by atomic mass is 16.3. The van der Waals surface area contributed by atoms with Crippen LogP contribution in [0.5, 0.6) is 0 Å². The molecule has 1 aromatic rings. The van der Waals surface area contributed by atoms with Gasteiger partial charge in [0.2, 0.25) is 0 Å². The van der Waals surface area contributed by atoms with Gasteiger partial charge in [0, 0.05) is 12.0 Å². The molecule has 2 unspecified atom stereocenters. The van der Waals surface area contributed by atoms with E-state index in [-0.39, 0.29) is 11.5 Å². The zero-order valence-corrected chi connectivity index (χ0v) is 10.3. The van der Waals surface area contributed by atoms with Crippen molar-refractivity contribution in [2.45, 2.75) is 39.2 Å². The Kier molecular flexibility index (Phi) is 4.97. The Balaban J connectivity index is 2.40. The molecule has 0 saturated carbocycles. The molecule has 2 nitrogen and oxygen atoms in total. The van der Waals surface area contributed by atoms with Gasteiger partial charge in [-0.1, -0.05) is 37.3 Å². The van der Waals surface area contributed by atoms with Crippen LogP contribution in [0.15, 0.2) is 30.3 Å². The van der Waals surface area contributed by atoms with Crippen molar-refractivity contribution in [1.82, 2.24) is 0 Å². The number of benzene rings is 1. The monoisotopic (exact) mass is 221 g/mol. The van der Waals surface area contributed by atoms with E-state index < -0.39 is 0 Å². The zero-order valence-electron chi connectivity index (χ0n) is 10.3. The molecule has 3 N–H and O–H groups in total. The fourth-order valence-corrected chi connectivity index (χ4v) is 1.82. The molecule has 0 spiro atoms. The SMILES string of the molecule is CC(O)C(C)(CN)CCCc1ccccc1. The lowest BCUT2D eigenvalue weighted by molar-refractivity contribution is 0.0506. The van der Waals surface area contributed by atoms with Crippen molar-refractivity contribution in [3.63, 3.8) is 0 Å². The number of aliphatic hydroxyl groups is 1. The minimum absolute atomic E-state index is 0.144. The third-order valence-corrected chi connectivity index (χ3v) is 3.53. The molecule has 0 fully saturated rings. The van der Waals surface area contributed by atoms with Crippen LogP contribution in [-0.2, 0) is 6.42 Å². The molecule has 0 radical (unpaired) electrons. The number of hydrogen-bond donors (Lipinski definition) is 2. The summed E-state index contributed by atoms with van der Waals surface area (Å²) >= 11 is 0. The summed E-state index contributed by atoms with van der Waals surface area (Å²) in [5.41, 5.74) is 6.94. The zero-order chi connectivity index (χ0) is 12.0. The van der Waals surface area contributed by atoms with Crippen LogP contribution in [-0.4, -0.2) is 17.8 Å². The van der Waals surface area contributed by atoms with Gasteiger partial charge in [-0.2, -0.15) is 0 Å². The summed E-state index contributed by atoms with van der Waals surface area (Å²) < 4.78 is 0. The fraction of sp³-hybridized carbons (Fsp3) is 0.571. The molecule has 2 heteroatoms. The minimum Gasteiger partial charge on any atom is -0.393 e. The summed E-state index contributed by atoms with van der Waals surface area (Å²) in [5.74, 6) is 0. The van der Waals surface area contributed by atoms with Crippen LogP contribution >= 0.6 is 0 Å². The first-order chi connectivity index (χ1) is 7.58. The lowest BCUT2D eigenvalue weighted by atomic mass is 9.80. The van der Waals surface area contributed by atoms with Gasteiger partial charge in [0.1, 0.15) is 0 Å². The van der Waals surface area contributed by atoms with Gasteiger partial charge < -0.3 is 10.8 Å². The molecule has 0 amide bonds. The van der Waals surface area contributed by atoms with Crippen molar-refractivity contribution in [2.24, 2.45) is 11.1 Å². The first kappa shape index (κ1) is 13.2. The van der Waals surface area contributed by atoms with E-state index in [1.165, 1.54) is 5.56 Å². The molecule has 0 aromatic heterocycles. The summed E-state index contributed by atoms with van der Waals surface area (Å²) in [7, 11) is 0. The van der Waals surface area contributed by atoms with Gasteiger partial charge in [0.25, 0.3) is 0 Å². The summed E-state index contributed by atoms with van der Waals surface area (Å²) in [6.07, 6.45) is 2.76. The second kappa shape index (κ2) is 6.02. The highest BCUT2D eigenvalue weighted by Crippen LogP contribution is 2.27. The van der Waals surface area contributed by atoms with Gasteiger partial charge in [-0.25, -0.2) is 0 Å². The van der Waals surface area contributed by atoms with E-state index in [4.69, 9.17) is 5.73 Å². The first-order valence-corrected chi connectivity index (χ1v) is 6.00. The van der Waals surface area contributed by atoms with E-state index >= 15 is 0 Å². The molecule has 90 valence electrons. The standard InChI is InChI=1S/C14H23NO/c1-12(16)14(2,11-15)10-6-9-13-7-4-3-5-8-13/h3-5,7-8,12,16H,6,9-11,15H2,1-2H3. The van der Waals surface area contributed by atoms with Gasteiger partial charge >= 0.3 is 0 Å². The van der Waals surface area contributed by atoms with Crippen LogP contribution < -0.4 is 5.73 Å². The van der Waals surface area contributed by atoms with Crippen LogP contribution in [0.25, 0.3) is 0 Å². The molecule has 0 aliphatic heterocycles. The van der Waals surface area contributed by atoms with Crippen molar-refractivity contribution in [3.05, 3.63) is 35.9 Å². The van der Waals surface area contributed by atoms with Crippen LogP contribution in [0.3, 0.4) is 0 Å². The number of hydrogen-bond acceptors (Lipinski definition) is 2. The van der Waals surface area contributed by atoms with Gasteiger partial charge in [0.05, 0.1) is 6.10 Å². The van der Waals surface area contributed by atoms with Crippen LogP contribution in [0.1, 0.15) is 32.3 Å². The average molecular weight is 221 g/mol. The highest BCUT2D eigenvalue weighted by Gasteiger charge is 2.27. The van der Waals surface area contributed by atoms with Gasteiger partial charge in [-0.05, 0) is 31.7 Å². The number of aliphatic hydroxyl groups excluding tert-OH is 1. The van der Waals surface area contributed by atoms with E-state index in [1.54, 1.807) is 0 Å². The third-order valence-electron chi connectivity index (χ3n) is 3.53. The minimum atomic E-state index is -0.340. The Hall–Kier alpha value is -0.860. The van der Waals surface area contributed by atoms with E-state index in [2.05, 4.69) is 31.2 Å². The van der Waals surface area contributed by atoms with E-state index in [9.17, 15) is 5.11 Å². The quantitative estimate of drug-likeness (QED) is 0.774. The number of nitrogens with two attached hydrogens (primary N) is 1. The Labute approximate surface area is 98.5 Å². The second-order valence-corrected chi connectivity index (χ2v) is 4.87. The summed E-state index contributed by atoms with van der Waals surface area (Å²) in [4.78, 5) is 0. The maximum Gasteiger partial charge on any atom is 0.0577 e. The molecular weight excluding hydrogens is 198 g/mol. The Bertz CT molecular complexity index is 297. The van der Waals surface area contributed by atoms with E-state index in [0.717, 1.165) is 19.3 Å². The molecule has 0 heterocycles. The predicted octanol–water partition coefficient (Wildman–Crippen LogP) is 2.36. The molecule has 0 saturated heterocycles. The Morgan fingerprint density at radius 3 is 2.44 bits per heavy atom. The maximum absolute atomic E-state index is 9.69. The molecule has 0 bridgehead atoms. The van der Waals surface area contributed by atoms with Crippen molar-refractivity contribution < 1.29 is 5.11 Å². The summed E-state index contributed by atoms with van der Waals surface area (Å²) in [6, 6.07) is 10.4. The molecular formula is C14H23NO. The highest BCUT2D eigenvalue weighted by molar-refractivity contribution is 5.14. The first-order valence-electron chi connectivity index (χ1n) is 6.00. The van der Waals surface area contributed by atoms with Crippen LogP contribution in [0.4, 0.5) is 0 Å². The Morgan fingerprint density at radius 1 is 1.31 bits per heavy atom.